The molecule has 1 unspecified atom stereocenters. The van der Waals surface area contributed by atoms with Crippen LogP contribution in [0.2, 0.25) is 5.82 Å². The van der Waals surface area contributed by atoms with Crippen molar-refractivity contribution in [2.75, 3.05) is 0 Å². The Morgan fingerprint density at radius 3 is 2.80 bits per heavy atom. The minimum atomic E-state index is -0.920. The molecular formula is C11H16BNO2. The number of rotatable bonds is 3. The Hall–Kier alpha value is -1.21. The van der Waals surface area contributed by atoms with Crippen molar-refractivity contribution in [2.24, 2.45) is 0 Å². The van der Waals surface area contributed by atoms with Crippen molar-refractivity contribution >= 4 is 6.92 Å². The summed E-state index contributed by atoms with van der Waals surface area (Å²) in [4.78, 5) is 0. The second-order valence-corrected chi connectivity index (χ2v) is 4.06. The second-order valence-electron chi connectivity index (χ2n) is 4.06. The summed E-state index contributed by atoms with van der Waals surface area (Å²) in [6.07, 6.45) is 4.66. The molecule has 0 aromatic heterocycles. The first-order chi connectivity index (χ1) is 7.04. The van der Waals surface area contributed by atoms with Crippen LogP contribution in [-0.4, -0.2) is 18.0 Å². The predicted molar refractivity (Wildman–Crippen MR) is 60.0 cm³/mol. The van der Waals surface area contributed by atoms with Gasteiger partial charge in [-0.3, -0.25) is 0 Å². The molecule has 1 aliphatic rings. The van der Waals surface area contributed by atoms with E-state index in [1.54, 1.807) is 0 Å². The molecular weight excluding hydrogens is 189 g/mol. The van der Waals surface area contributed by atoms with Crippen LogP contribution in [0.1, 0.15) is 27.2 Å². The number of hydrogen-bond acceptors (Lipinski definition) is 3. The molecule has 1 N–H and O–H groups in total. The summed E-state index contributed by atoms with van der Waals surface area (Å²) in [5, 5.41) is 18.0. The molecule has 0 aromatic rings. The third kappa shape index (κ3) is 3.14. The van der Waals surface area contributed by atoms with Gasteiger partial charge in [-0.2, -0.15) is 0 Å². The lowest BCUT2D eigenvalue weighted by atomic mass is 9.55. The van der Waals surface area contributed by atoms with Crippen molar-refractivity contribution in [3.05, 3.63) is 23.5 Å². The van der Waals surface area contributed by atoms with Gasteiger partial charge in [0.25, 0.3) is 0 Å². The van der Waals surface area contributed by atoms with E-state index in [9.17, 15) is 5.02 Å². The summed E-state index contributed by atoms with van der Waals surface area (Å²) >= 11 is 0. The summed E-state index contributed by atoms with van der Waals surface area (Å²) in [5.74, 6) is 2.62. The van der Waals surface area contributed by atoms with E-state index in [1.807, 2.05) is 38.9 Å². The fourth-order valence-electron chi connectivity index (χ4n) is 1.59. The molecule has 80 valence electrons. The van der Waals surface area contributed by atoms with Gasteiger partial charge in [0.1, 0.15) is 5.76 Å². The van der Waals surface area contributed by atoms with Gasteiger partial charge in [0.15, 0.2) is 0 Å². The second kappa shape index (κ2) is 5.04. The summed E-state index contributed by atoms with van der Waals surface area (Å²) in [5.41, 5.74) is 0.995. The van der Waals surface area contributed by atoms with E-state index >= 15 is 0 Å². The lowest BCUT2D eigenvalue weighted by Crippen LogP contribution is -2.19. The maximum absolute atomic E-state index is 9.39. The minimum absolute atomic E-state index is 0.102. The molecule has 3 nitrogen and oxygen atoms in total. The molecule has 4 heteroatoms. The van der Waals surface area contributed by atoms with E-state index < -0.39 is 6.92 Å². The van der Waals surface area contributed by atoms with Gasteiger partial charge in [0.05, 0.1) is 6.10 Å². The highest BCUT2D eigenvalue weighted by Crippen LogP contribution is 2.29. The minimum Gasteiger partial charge on any atom is -0.491 e. The predicted octanol–water partition coefficient (Wildman–Crippen LogP) is 2.06. The van der Waals surface area contributed by atoms with Gasteiger partial charge >= 0.3 is 6.92 Å². The van der Waals surface area contributed by atoms with Crippen molar-refractivity contribution in [3.63, 3.8) is 0 Å². The Balaban J connectivity index is 2.68. The average molecular weight is 205 g/mol. The van der Waals surface area contributed by atoms with Gasteiger partial charge in [-0.15, -0.1) is 0 Å². The number of nitriles is 1. The third-order valence-electron chi connectivity index (χ3n) is 2.33. The lowest BCUT2D eigenvalue weighted by molar-refractivity contribution is 0.152. The van der Waals surface area contributed by atoms with Crippen molar-refractivity contribution in [3.8, 4) is 5.97 Å². The first-order valence-corrected chi connectivity index (χ1v) is 5.18. The highest BCUT2D eigenvalue weighted by atomic mass is 16.5. The normalized spacial score (nSPS) is 20.4. The Morgan fingerprint density at radius 2 is 2.33 bits per heavy atom. The zero-order valence-electron chi connectivity index (χ0n) is 9.40. The first kappa shape index (κ1) is 11.9. The zero-order valence-corrected chi connectivity index (χ0v) is 9.40. The zero-order chi connectivity index (χ0) is 11.4. The number of nitrogens with zero attached hydrogens (tertiary/aromatic N) is 1. The van der Waals surface area contributed by atoms with Crippen LogP contribution in [0.15, 0.2) is 23.5 Å². The molecule has 0 bridgehead atoms. The van der Waals surface area contributed by atoms with Gasteiger partial charge in [-0.25, -0.2) is 5.26 Å². The van der Waals surface area contributed by atoms with Crippen LogP contribution >= 0.6 is 0 Å². The fourth-order valence-corrected chi connectivity index (χ4v) is 1.59. The molecule has 0 heterocycles. The molecule has 1 aliphatic carbocycles. The topological polar surface area (TPSA) is 53.2 Å². The van der Waals surface area contributed by atoms with Gasteiger partial charge in [0.2, 0.25) is 0 Å². The van der Waals surface area contributed by atoms with Crippen molar-refractivity contribution in [1.29, 1.82) is 5.26 Å². The molecule has 15 heavy (non-hydrogen) atoms. The van der Waals surface area contributed by atoms with Gasteiger partial charge < -0.3 is 9.76 Å². The maximum atomic E-state index is 9.39. The van der Waals surface area contributed by atoms with Crippen molar-refractivity contribution in [2.45, 2.75) is 39.1 Å². The molecule has 0 saturated heterocycles. The fraction of sp³-hybridized carbons (Fsp3) is 0.545. The highest BCUT2D eigenvalue weighted by molar-refractivity contribution is 6.61. The lowest BCUT2D eigenvalue weighted by Gasteiger charge is -2.21. The van der Waals surface area contributed by atoms with Crippen LogP contribution in [0, 0.1) is 11.2 Å². The smallest absolute Gasteiger partial charge is 0.419 e. The van der Waals surface area contributed by atoms with E-state index in [1.165, 1.54) is 0 Å². The Bertz CT molecular complexity index is 328. The van der Waals surface area contributed by atoms with Gasteiger partial charge in [0, 0.05) is 11.8 Å². The number of allylic oxidation sites excluding steroid dienone is 3. The first-order valence-electron chi connectivity index (χ1n) is 5.18. The standard InChI is InChI=1S/C11H16BNO2/c1-8(2)15-11-5-4-10(6-9(11)3)12(14)7-13/h5-6,8,10,14H,4H2,1-3H3. The Kier molecular flexibility index (Phi) is 3.99. The van der Waals surface area contributed by atoms with Crippen LogP contribution < -0.4 is 0 Å². The van der Waals surface area contributed by atoms with E-state index in [0.717, 1.165) is 11.3 Å². The molecule has 0 fully saturated rings. The van der Waals surface area contributed by atoms with Crippen molar-refractivity contribution in [1.82, 2.24) is 0 Å². The molecule has 0 saturated carbocycles. The molecule has 0 aliphatic heterocycles. The molecule has 0 aromatic carbocycles. The van der Waals surface area contributed by atoms with Crippen LogP contribution in [0.5, 0.6) is 0 Å². The summed E-state index contributed by atoms with van der Waals surface area (Å²) in [6.45, 7) is 4.97. The van der Waals surface area contributed by atoms with Crippen LogP contribution in [0.25, 0.3) is 0 Å². The highest BCUT2D eigenvalue weighted by Gasteiger charge is 2.25. The van der Waals surface area contributed by atoms with Crippen molar-refractivity contribution < 1.29 is 9.76 Å². The Labute approximate surface area is 91.2 Å². The van der Waals surface area contributed by atoms with Crippen LogP contribution in [-0.2, 0) is 4.74 Å². The summed E-state index contributed by atoms with van der Waals surface area (Å²) < 4.78 is 5.59. The average Bonchev–Trinajstić information content (AvgIpc) is 2.19. The summed E-state index contributed by atoms with van der Waals surface area (Å²) in [6, 6.07) is 0. The van der Waals surface area contributed by atoms with E-state index in [4.69, 9.17) is 10.00 Å². The quantitative estimate of drug-likeness (QED) is 0.717. The molecule has 1 atom stereocenters. The molecule has 1 rings (SSSR count). The molecule has 0 radical (unpaired) electrons. The van der Waals surface area contributed by atoms with Crippen LogP contribution in [0.3, 0.4) is 0 Å². The monoisotopic (exact) mass is 205 g/mol. The van der Waals surface area contributed by atoms with E-state index in [0.29, 0.717) is 6.42 Å². The third-order valence-corrected chi connectivity index (χ3v) is 2.33. The SMILES string of the molecule is CC1=CC(B(O)C#N)CC=C1OC(C)C. The number of ether oxygens (including phenoxy) is 1. The largest absolute Gasteiger partial charge is 0.491 e. The van der Waals surface area contributed by atoms with Crippen LogP contribution in [0.4, 0.5) is 0 Å². The summed E-state index contributed by atoms with van der Waals surface area (Å²) in [7, 11) is 0. The maximum Gasteiger partial charge on any atom is 0.419 e. The number of hydrogen-bond donors (Lipinski definition) is 1. The van der Waals surface area contributed by atoms with Gasteiger partial charge in [-0.05, 0) is 38.8 Å². The molecule has 0 spiro atoms. The van der Waals surface area contributed by atoms with E-state index in [2.05, 4.69) is 0 Å². The van der Waals surface area contributed by atoms with E-state index in [-0.39, 0.29) is 11.9 Å². The Morgan fingerprint density at radius 1 is 1.67 bits per heavy atom. The van der Waals surface area contributed by atoms with Gasteiger partial charge in [-0.1, -0.05) is 6.08 Å². The molecule has 0 amide bonds.